The topological polar surface area (TPSA) is 108 Å². The summed E-state index contributed by atoms with van der Waals surface area (Å²) in [7, 11) is 1.35. The van der Waals surface area contributed by atoms with E-state index in [-0.39, 0.29) is 36.1 Å². The first-order valence-corrected chi connectivity index (χ1v) is 13.7. The van der Waals surface area contributed by atoms with Crippen molar-refractivity contribution in [2.24, 2.45) is 0 Å². The molecule has 0 radical (unpaired) electrons. The first-order valence-electron chi connectivity index (χ1n) is 13.7. The molecule has 1 heterocycles. The fourth-order valence-corrected chi connectivity index (χ4v) is 4.85. The number of ether oxygens (including phenoxy) is 4. The van der Waals surface area contributed by atoms with Crippen LogP contribution in [0.5, 0.6) is 23.0 Å². The molecular formula is C31H40O8. The van der Waals surface area contributed by atoms with E-state index in [0.29, 0.717) is 72.8 Å². The van der Waals surface area contributed by atoms with Crippen molar-refractivity contribution in [3.8, 4) is 23.0 Å². The van der Waals surface area contributed by atoms with Gasteiger partial charge in [-0.15, -0.1) is 0 Å². The van der Waals surface area contributed by atoms with Gasteiger partial charge in [-0.1, -0.05) is 26.7 Å². The van der Waals surface area contributed by atoms with Crippen LogP contribution in [0.15, 0.2) is 24.3 Å². The minimum atomic E-state index is -0.799. The molecule has 0 saturated carbocycles. The van der Waals surface area contributed by atoms with Gasteiger partial charge in [-0.25, -0.2) is 0 Å². The lowest BCUT2D eigenvalue weighted by molar-refractivity contribution is -0.141. The van der Waals surface area contributed by atoms with E-state index in [1.165, 1.54) is 14.0 Å². The van der Waals surface area contributed by atoms with Gasteiger partial charge in [0.25, 0.3) is 0 Å². The monoisotopic (exact) mass is 540 g/mol. The number of Topliss-reactive ketones (excluding diaryl/α,β-unsaturated/α-hetero) is 2. The number of carbonyl (C=O) groups excluding carboxylic acids is 3. The van der Waals surface area contributed by atoms with E-state index in [2.05, 4.69) is 6.92 Å². The maximum atomic E-state index is 13.0. The van der Waals surface area contributed by atoms with E-state index in [9.17, 15) is 19.5 Å². The summed E-state index contributed by atoms with van der Waals surface area (Å²) in [5.74, 6) is 1.23. The molecule has 0 bridgehead atoms. The van der Waals surface area contributed by atoms with E-state index >= 15 is 0 Å². The number of methoxy groups -OCH3 is 1. The summed E-state index contributed by atoms with van der Waals surface area (Å²) in [6, 6.07) is 6.89. The Kier molecular flexibility index (Phi) is 10.4. The quantitative estimate of drug-likeness (QED) is 0.176. The lowest BCUT2D eigenvalue weighted by Gasteiger charge is -2.36. The van der Waals surface area contributed by atoms with Gasteiger partial charge in [0.2, 0.25) is 0 Å². The van der Waals surface area contributed by atoms with E-state index in [1.54, 1.807) is 18.2 Å². The van der Waals surface area contributed by atoms with Gasteiger partial charge < -0.3 is 24.1 Å². The lowest BCUT2D eigenvalue weighted by Crippen LogP contribution is -2.40. The molecule has 3 rings (SSSR count). The normalized spacial score (nSPS) is 16.3. The van der Waals surface area contributed by atoms with Crippen molar-refractivity contribution in [2.45, 2.75) is 84.7 Å². The molecule has 0 fully saturated rings. The number of fused-ring (bicyclic) bond motifs is 1. The Morgan fingerprint density at radius 2 is 1.62 bits per heavy atom. The van der Waals surface area contributed by atoms with Gasteiger partial charge in [0.15, 0.2) is 11.6 Å². The standard InChI is InChI=1S/C31H40O8/c1-6-9-23-26(13-11-21(20(3)32)29(23)35)37-17-8-18-38-27-14-12-22-25(33)19-31(4,16-15-28(34)36-5)39-30(22)24(27)10-7-2/h11-14,35H,6-10,15-19H2,1-5H3. The van der Waals surface area contributed by atoms with Crippen LogP contribution in [0.2, 0.25) is 0 Å². The van der Waals surface area contributed by atoms with Crippen LogP contribution in [-0.2, 0) is 22.4 Å². The predicted octanol–water partition coefficient (Wildman–Crippen LogP) is 6.02. The molecule has 0 amide bonds. The first kappa shape index (κ1) is 30.0. The summed E-state index contributed by atoms with van der Waals surface area (Å²) < 4.78 is 23.2. The van der Waals surface area contributed by atoms with E-state index in [1.807, 2.05) is 19.9 Å². The summed E-state index contributed by atoms with van der Waals surface area (Å²) >= 11 is 0. The van der Waals surface area contributed by atoms with Crippen molar-refractivity contribution in [1.82, 2.24) is 0 Å². The fraction of sp³-hybridized carbons (Fsp3) is 0.516. The second-order valence-corrected chi connectivity index (χ2v) is 10.2. The molecule has 1 atom stereocenters. The van der Waals surface area contributed by atoms with Crippen molar-refractivity contribution in [3.63, 3.8) is 0 Å². The molecule has 1 aliphatic rings. The van der Waals surface area contributed by atoms with Crippen molar-refractivity contribution in [3.05, 3.63) is 46.5 Å². The third-order valence-corrected chi connectivity index (χ3v) is 6.91. The highest BCUT2D eigenvalue weighted by Gasteiger charge is 2.38. The number of hydrogen-bond donors (Lipinski definition) is 1. The Bertz CT molecular complexity index is 1200. The van der Waals surface area contributed by atoms with E-state index in [4.69, 9.17) is 18.9 Å². The molecule has 2 aromatic carbocycles. The Hall–Kier alpha value is -3.55. The zero-order valence-corrected chi connectivity index (χ0v) is 23.7. The molecule has 0 saturated heterocycles. The molecule has 1 aliphatic heterocycles. The highest BCUT2D eigenvalue weighted by Crippen LogP contribution is 2.42. The van der Waals surface area contributed by atoms with Crippen LogP contribution in [0.1, 0.15) is 98.1 Å². The first-order chi connectivity index (χ1) is 18.6. The number of ketones is 2. The van der Waals surface area contributed by atoms with Crippen LogP contribution in [0.4, 0.5) is 0 Å². The molecular weight excluding hydrogens is 500 g/mol. The fourth-order valence-electron chi connectivity index (χ4n) is 4.85. The number of aromatic hydroxyl groups is 1. The number of phenolic OH excluding ortho intramolecular Hbond substituents is 1. The number of phenols is 1. The van der Waals surface area contributed by atoms with Crippen molar-refractivity contribution < 1.29 is 38.4 Å². The van der Waals surface area contributed by atoms with Crippen LogP contribution >= 0.6 is 0 Å². The molecule has 8 nitrogen and oxygen atoms in total. The van der Waals surface area contributed by atoms with Gasteiger partial charge in [0.05, 0.1) is 37.9 Å². The van der Waals surface area contributed by atoms with Crippen LogP contribution in [0, 0.1) is 0 Å². The zero-order valence-electron chi connectivity index (χ0n) is 23.7. The van der Waals surface area contributed by atoms with Crippen LogP contribution in [0.3, 0.4) is 0 Å². The van der Waals surface area contributed by atoms with Gasteiger partial charge in [-0.3, -0.25) is 14.4 Å². The minimum Gasteiger partial charge on any atom is -0.507 e. The number of rotatable bonds is 14. The average molecular weight is 541 g/mol. The third kappa shape index (κ3) is 7.31. The largest absolute Gasteiger partial charge is 0.507 e. The van der Waals surface area contributed by atoms with Gasteiger partial charge in [-0.05, 0) is 57.4 Å². The molecule has 8 heteroatoms. The lowest BCUT2D eigenvalue weighted by atomic mass is 9.86. The number of benzene rings is 2. The van der Waals surface area contributed by atoms with Crippen LogP contribution in [0.25, 0.3) is 0 Å². The highest BCUT2D eigenvalue weighted by atomic mass is 16.5. The summed E-state index contributed by atoms with van der Waals surface area (Å²) in [6.45, 7) is 8.08. The Morgan fingerprint density at radius 1 is 1.00 bits per heavy atom. The number of carbonyl (C=O) groups is 3. The van der Waals surface area contributed by atoms with Crippen molar-refractivity contribution in [1.29, 1.82) is 0 Å². The third-order valence-electron chi connectivity index (χ3n) is 6.91. The van der Waals surface area contributed by atoms with Gasteiger partial charge in [0, 0.05) is 24.0 Å². The number of esters is 1. The summed E-state index contributed by atoms with van der Waals surface area (Å²) in [5, 5.41) is 10.5. The highest BCUT2D eigenvalue weighted by molar-refractivity contribution is 6.01. The number of hydrogen-bond acceptors (Lipinski definition) is 8. The van der Waals surface area contributed by atoms with Gasteiger partial charge >= 0.3 is 5.97 Å². The maximum absolute atomic E-state index is 13.0. The maximum Gasteiger partial charge on any atom is 0.305 e. The molecule has 0 aromatic heterocycles. The minimum absolute atomic E-state index is 0.00972. The van der Waals surface area contributed by atoms with E-state index in [0.717, 1.165) is 18.4 Å². The molecule has 1 unspecified atom stereocenters. The summed E-state index contributed by atoms with van der Waals surface area (Å²) in [6.07, 6.45) is 4.25. The van der Waals surface area contributed by atoms with Crippen molar-refractivity contribution >= 4 is 17.5 Å². The second kappa shape index (κ2) is 13.5. The SMILES string of the molecule is CCCc1c(OCCCOc2ccc3c(c2CCC)OC(C)(CCC(=O)OC)CC3=O)ccc(C(C)=O)c1O. The molecule has 0 aliphatic carbocycles. The Morgan fingerprint density at radius 3 is 2.23 bits per heavy atom. The molecule has 39 heavy (non-hydrogen) atoms. The second-order valence-electron chi connectivity index (χ2n) is 10.2. The van der Waals surface area contributed by atoms with Crippen LogP contribution < -0.4 is 14.2 Å². The molecule has 1 N–H and O–H groups in total. The molecule has 2 aromatic rings. The molecule has 212 valence electrons. The van der Waals surface area contributed by atoms with Gasteiger partial charge in [0.1, 0.15) is 28.6 Å². The summed E-state index contributed by atoms with van der Waals surface area (Å²) in [5.41, 5.74) is 1.53. The predicted molar refractivity (Wildman–Crippen MR) is 147 cm³/mol. The zero-order chi connectivity index (χ0) is 28.6. The summed E-state index contributed by atoms with van der Waals surface area (Å²) in [4.78, 5) is 36.5. The van der Waals surface area contributed by atoms with Crippen LogP contribution in [-0.4, -0.2) is 48.6 Å². The van der Waals surface area contributed by atoms with Crippen molar-refractivity contribution in [2.75, 3.05) is 20.3 Å². The smallest absolute Gasteiger partial charge is 0.305 e. The van der Waals surface area contributed by atoms with E-state index < -0.39 is 5.60 Å². The molecule has 0 spiro atoms. The Labute approximate surface area is 230 Å². The Balaban J connectivity index is 1.69. The van der Waals surface area contributed by atoms with Gasteiger partial charge in [-0.2, -0.15) is 0 Å². The average Bonchev–Trinajstić information content (AvgIpc) is 2.89.